The zero-order valence-electron chi connectivity index (χ0n) is 13.9. The summed E-state index contributed by atoms with van der Waals surface area (Å²) in [6.07, 6.45) is 1.91. The number of nitrogens with one attached hydrogen (secondary N) is 2. The molecular formula is C19H17ClN4OS. The first-order valence-electron chi connectivity index (χ1n) is 8.40. The molecule has 26 heavy (non-hydrogen) atoms. The molecule has 1 aliphatic rings. The van der Waals surface area contributed by atoms with E-state index in [0.29, 0.717) is 15.6 Å². The van der Waals surface area contributed by atoms with Crippen LogP contribution in [0.3, 0.4) is 0 Å². The maximum atomic E-state index is 12.6. The van der Waals surface area contributed by atoms with E-state index < -0.39 is 0 Å². The highest BCUT2D eigenvalue weighted by molar-refractivity contribution is 7.71. The third-order valence-electron chi connectivity index (χ3n) is 4.63. The molecule has 0 saturated heterocycles. The van der Waals surface area contributed by atoms with Gasteiger partial charge in [0.2, 0.25) is 5.91 Å². The molecule has 5 nitrogen and oxygen atoms in total. The summed E-state index contributed by atoms with van der Waals surface area (Å²) in [5.41, 5.74) is 3.36. The molecule has 0 saturated carbocycles. The summed E-state index contributed by atoms with van der Waals surface area (Å²) in [5, 5.41) is 10.8. The van der Waals surface area contributed by atoms with Gasteiger partial charge in [-0.2, -0.15) is 5.10 Å². The van der Waals surface area contributed by atoms with Crippen LogP contribution in [0.15, 0.2) is 48.5 Å². The highest BCUT2D eigenvalue weighted by atomic mass is 35.5. The number of halogens is 1. The Balaban J connectivity index is 1.53. The van der Waals surface area contributed by atoms with E-state index in [1.54, 1.807) is 16.7 Å². The number of aromatic nitrogens is 3. The molecule has 1 heterocycles. The molecule has 7 heteroatoms. The van der Waals surface area contributed by atoms with Crippen LogP contribution in [0.1, 0.15) is 23.6 Å². The molecule has 0 radical (unpaired) electrons. The summed E-state index contributed by atoms with van der Waals surface area (Å²) < 4.78 is 2.12. The van der Waals surface area contributed by atoms with Crippen LogP contribution in [-0.4, -0.2) is 20.7 Å². The molecule has 0 fully saturated rings. The maximum Gasteiger partial charge on any atom is 0.240 e. The van der Waals surface area contributed by atoms with Crippen molar-refractivity contribution in [2.24, 2.45) is 0 Å². The van der Waals surface area contributed by atoms with Gasteiger partial charge >= 0.3 is 0 Å². The number of hydrogen-bond acceptors (Lipinski definition) is 3. The van der Waals surface area contributed by atoms with Gasteiger partial charge in [0.25, 0.3) is 0 Å². The number of H-pyrrole nitrogens is 1. The van der Waals surface area contributed by atoms with Gasteiger partial charge in [0.15, 0.2) is 10.6 Å². The average molecular weight is 385 g/mol. The first-order valence-corrected chi connectivity index (χ1v) is 9.19. The Hall–Kier alpha value is -2.44. The Kier molecular flexibility index (Phi) is 4.61. The fourth-order valence-corrected chi connectivity index (χ4v) is 3.70. The number of amides is 1. The van der Waals surface area contributed by atoms with Crippen molar-refractivity contribution >= 4 is 29.7 Å². The lowest BCUT2D eigenvalue weighted by Gasteiger charge is -2.15. The lowest BCUT2D eigenvalue weighted by molar-refractivity contribution is -0.122. The Labute approximate surface area is 161 Å². The molecule has 1 amide bonds. The van der Waals surface area contributed by atoms with Crippen LogP contribution in [0.25, 0.3) is 11.4 Å². The summed E-state index contributed by atoms with van der Waals surface area (Å²) >= 11 is 11.2. The number of carbonyl (C=O) groups is 1. The number of rotatable bonds is 4. The molecule has 1 aliphatic carbocycles. The van der Waals surface area contributed by atoms with Crippen LogP contribution in [0.2, 0.25) is 5.02 Å². The van der Waals surface area contributed by atoms with E-state index in [0.717, 1.165) is 18.4 Å². The van der Waals surface area contributed by atoms with Crippen molar-refractivity contribution in [3.05, 3.63) is 69.5 Å². The third-order valence-corrected chi connectivity index (χ3v) is 5.19. The number of hydrogen-bond donors (Lipinski definition) is 2. The summed E-state index contributed by atoms with van der Waals surface area (Å²) in [5.74, 6) is 0.535. The Morgan fingerprint density at radius 1 is 1.27 bits per heavy atom. The minimum atomic E-state index is -0.0839. The fourth-order valence-electron chi connectivity index (χ4n) is 3.37. The highest BCUT2D eigenvalue weighted by Gasteiger charge is 2.24. The van der Waals surface area contributed by atoms with E-state index in [1.165, 1.54) is 11.1 Å². The molecule has 1 atom stereocenters. The van der Waals surface area contributed by atoms with Gasteiger partial charge in [-0.25, -0.2) is 0 Å². The molecule has 132 valence electrons. The van der Waals surface area contributed by atoms with Crippen LogP contribution < -0.4 is 5.32 Å². The summed E-state index contributed by atoms with van der Waals surface area (Å²) in [6, 6.07) is 15.6. The second-order valence-corrected chi connectivity index (χ2v) is 7.13. The SMILES string of the molecule is O=C(Cn1c(-c2ccc(Cl)cc2)n[nH]c1=S)NC1CCc2ccccc21. The number of aromatic amines is 1. The zero-order valence-corrected chi connectivity index (χ0v) is 15.5. The van der Waals surface area contributed by atoms with E-state index in [2.05, 4.69) is 27.6 Å². The number of aryl methyl sites for hydroxylation is 1. The molecule has 1 aromatic heterocycles. The number of benzene rings is 2. The van der Waals surface area contributed by atoms with Gasteiger partial charge in [-0.1, -0.05) is 35.9 Å². The minimum Gasteiger partial charge on any atom is -0.348 e. The van der Waals surface area contributed by atoms with Crippen LogP contribution in [-0.2, 0) is 17.8 Å². The van der Waals surface area contributed by atoms with Gasteiger partial charge in [-0.05, 0) is 60.5 Å². The molecule has 2 aromatic carbocycles. The van der Waals surface area contributed by atoms with Gasteiger partial charge < -0.3 is 5.32 Å². The lowest BCUT2D eigenvalue weighted by Crippen LogP contribution is -2.30. The lowest BCUT2D eigenvalue weighted by atomic mass is 10.1. The van der Waals surface area contributed by atoms with Gasteiger partial charge in [-0.15, -0.1) is 0 Å². The topological polar surface area (TPSA) is 62.7 Å². The van der Waals surface area contributed by atoms with E-state index in [-0.39, 0.29) is 18.5 Å². The van der Waals surface area contributed by atoms with Crippen molar-refractivity contribution in [1.29, 1.82) is 0 Å². The average Bonchev–Trinajstić information content (AvgIpc) is 3.21. The van der Waals surface area contributed by atoms with Crippen molar-refractivity contribution in [3.63, 3.8) is 0 Å². The van der Waals surface area contributed by atoms with Gasteiger partial charge in [0.1, 0.15) is 6.54 Å². The standard InChI is InChI=1S/C19H17ClN4OS/c20-14-8-5-13(6-9-14)18-22-23-19(26)24(18)11-17(25)21-16-10-7-12-3-1-2-4-15(12)16/h1-6,8-9,16H,7,10-11H2,(H,21,25)(H,23,26). The van der Waals surface area contributed by atoms with Crippen LogP contribution in [0, 0.1) is 4.77 Å². The zero-order chi connectivity index (χ0) is 18.1. The molecule has 0 spiro atoms. The molecule has 4 rings (SSSR count). The maximum absolute atomic E-state index is 12.6. The molecule has 0 bridgehead atoms. The Morgan fingerprint density at radius 2 is 2.04 bits per heavy atom. The number of fused-ring (bicyclic) bond motifs is 1. The minimum absolute atomic E-state index is 0.0544. The fraction of sp³-hybridized carbons (Fsp3) is 0.211. The van der Waals surface area contributed by atoms with Crippen molar-refractivity contribution in [3.8, 4) is 11.4 Å². The van der Waals surface area contributed by atoms with Gasteiger partial charge in [-0.3, -0.25) is 14.5 Å². The first kappa shape index (κ1) is 17.0. The predicted octanol–water partition coefficient (Wildman–Crippen LogP) is 4.06. The Morgan fingerprint density at radius 3 is 2.85 bits per heavy atom. The van der Waals surface area contributed by atoms with Crippen molar-refractivity contribution < 1.29 is 4.79 Å². The number of nitrogens with zero attached hydrogens (tertiary/aromatic N) is 2. The van der Waals surface area contributed by atoms with Crippen LogP contribution in [0.5, 0.6) is 0 Å². The predicted molar refractivity (Wildman–Crippen MR) is 104 cm³/mol. The Bertz CT molecular complexity index is 1010. The summed E-state index contributed by atoms with van der Waals surface area (Å²) in [7, 11) is 0. The highest BCUT2D eigenvalue weighted by Crippen LogP contribution is 2.30. The summed E-state index contributed by atoms with van der Waals surface area (Å²) in [4.78, 5) is 12.6. The third kappa shape index (κ3) is 3.30. The van der Waals surface area contributed by atoms with E-state index in [1.807, 2.05) is 24.3 Å². The second-order valence-electron chi connectivity index (χ2n) is 6.30. The summed E-state index contributed by atoms with van der Waals surface area (Å²) in [6.45, 7) is 0.117. The van der Waals surface area contributed by atoms with Crippen molar-refractivity contribution in [2.75, 3.05) is 0 Å². The molecule has 0 aliphatic heterocycles. The van der Waals surface area contributed by atoms with Crippen molar-refractivity contribution in [2.45, 2.75) is 25.4 Å². The van der Waals surface area contributed by atoms with Crippen LogP contribution in [0.4, 0.5) is 0 Å². The van der Waals surface area contributed by atoms with Crippen molar-refractivity contribution in [1.82, 2.24) is 20.1 Å². The molecule has 2 N–H and O–H groups in total. The largest absolute Gasteiger partial charge is 0.348 e. The van der Waals surface area contributed by atoms with E-state index >= 15 is 0 Å². The molecule has 3 aromatic rings. The normalized spacial score (nSPS) is 15.7. The van der Waals surface area contributed by atoms with E-state index in [9.17, 15) is 4.79 Å². The first-order chi connectivity index (χ1) is 12.6. The quantitative estimate of drug-likeness (QED) is 0.666. The van der Waals surface area contributed by atoms with Gasteiger partial charge in [0.05, 0.1) is 6.04 Å². The van der Waals surface area contributed by atoms with Gasteiger partial charge in [0, 0.05) is 10.6 Å². The second kappa shape index (κ2) is 7.05. The number of carbonyl (C=O) groups excluding carboxylic acids is 1. The van der Waals surface area contributed by atoms with Crippen LogP contribution >= 0.6 is 23.8 Å². The smallest absolute Gasteiger partial charge is 0.240 e. The monoisotopic (exact) mass is 384 g/mol. The molecular weight excluding hydrogens is 368 g/mol. The van der Waals surface area contributed by atoms with E-state index in [4.69, 9.17) is 23.8 Å². The molecule has 1 unspecified atom stereocenters.